The fourth-order valence-electron chi connectivity index (χ4n) is 3.46. The second-order valence-electron chi connectivity index (χ2n) is 6.75. The molecule has 8 heteroatoms. The van der Waals surface area contributed by atoms with Gasteiger partial charge in [-0.1, -0.05) is 49.0 Å². The molecule has 1 aliphatic rings. The van der Waals surface area contributed by atoms with Gasteiger partial charge in [-0.05, 0) is 24.0 Å². The van der Waals surface area contributed by atoms with Gasteiger partial charge >= 0.3 is 0 Å². The third-order valence-electron chi connectivity index (χ3n) is 4.88. The molecule has 0 saturated carbocycles. The highest BCUT2D eigenvalue weighted by atomic mass is 32.2. The van der Waals surface area contributed by atoms with Crippen LogP contribution >= 0.6 is 11.8 Å². The number of anilines is 1. The Morgan fingerprint density at radius 3 is 2.55 bits per heavy atom. The minimum Gasteiger partial charge on any atom is -0.391 e. The van der Waals surface area contributed by atoms with Gasteiger partial charge in [-0.25, -0.2) is 4.98 Å². The van der Waals surface area contributed by atoms with E-state index < -0.39 is 17.3 Å². The average molecular weight is 407 g/mol. The molecule has 1 aliphatic heterocycles. The average Bonchev–Trinajstić information content (AvgIpc) is 3.17. The van der Waals surface area contributed by atoms with Crippen molar-refractivity contribution in [3.05, 3.63) is 52.6 Å². The van der Waals surface area contributed by atoms with Crippen molar-refractivity contribution in [2.24, 2.45) is 5.73 Å². The summed E-state index contributed by atoms with van der Waals surface area (Å²) in [6.45, 7) is 2.82. The minimum atomic E-state index is -0.717. The van der Waals surface area contributed by atoms with Gasteiger partial charge in [0.15, 0.2) is 0 Å². The maximum atomic E-state index is 12.2. The third-order valence-corrected chi connectivity index (χ3v) is 6.14. The first kappa shape index (κ1) is 20.7. The summed E-state index contributed by atoms with van der Waals surface area (Å²) >= 11 is 1.12. The lowest BCUT2D eigenvalue weighted by atomic mass is 10.0. The van der Waals surface area contributed by atoms with Crippen molar-refractivity contribution in [3.8, 4) is 12.1 Å². The molecule has 0 spiro atoms. The van der Waals surface area contributed by atoms with Crippen LogP contribution in [0.5, 0.6) is 0 Å². The zero-order valence-electron chi connectivity index (χ0n) is 16.0. The lowest BCUT2D eigenvalue weighted by molar-refractivity contribution is -0.117. The van der Waals surface area contributed by atoms with E-state index in [4.69, 9.17) is 5.73 Å². The molecular formula is C21H21N5O2S. The molecule has 1 fully saturated rings. The van der Waals surface area contributed by atoms with E-state index in [1.54, 1.807) is 12.1 Å². The monoisotopic (exact) mass is 407 g/mol. The molecule has 3 N–H and O–H groups in total. The molecule has 0 bridgehead atoms. The van der Waals surface area contributed by atoms with Crippen LogP contribution in [0.2, 0.25) is 0 Å². The Bertz CT molecular complexity index is 997. The number of benzene rings is 1. The number of hydrogen-bond acceptors (Lipinski definition) is 7. The summed E-state index contributed by atoms with van der Waals surface area (Å²) < 4.78 is 0. The van der Waals surface area contributed by atoms with Gasteiger partial charge in [0.1, 0.15) is 28.2 Å². The van der Waals surface area contributed by atoms with Crippen molar-refractivity contribution in [1.82, 2.24) is 4.98 Å². The van der Waals surface area contributed by atoms with E-state index in [2.05, 4.69) is 17.1 Å². The maximum Gasteiger partial charge on any atom is 0.235 e. The summed E-state index contributed by atoms with van der Waals surface area (Å²) in [6.07, 6.45) is 0.574. The molecule has 148 valence electrons. The standard InChI is InChI=1S/C21H21N5O2S/c1-2-15-16(10-22)20(26-9-8-14(27)12-26)25-21(17(15)11-23)29-18(19(24)28)13-6-4-3-5-7-13/h3-7,14,18,27H,2,8-9,12H2,1H3,(H2,24,28)/t14-,18-/m0/s1. The highest BCUT2D eigenvalue weighted by molar-refractivity contribution is 8.00. The second-order valence-corrected chi connectivity index (χ2v) is 7.84. The molecule has 2 heterocycles. The van der Waals surface area contributed by atoms with Crippen molar-refractivity contribution < 1.29 is 9.90 Å². The zero-order chi connectivity index (χ0) is 21.0. The lowest BCUT2D eigenvalue weighted by Gasteiger charge is -2.22. The smallest absolute Gasteiger partial charge is 0.235 e. The molecule has 7 nitrogen and oxygen atoms in total. The molecule has 1 saturated heterocycles. The predicted octanol–water partition coefficient (Wildman–Crippen LogP) is 2.28. The first-order valence-corrected chi connectivity index (χ1v) is 10.2. The number of β-amino-alcohol motifs (C(OH)–C–C–N with tert-alkyl or cyclic N) is 1. The van der Waals surface area contributed by atoms with Crippen LogP contribution in [0.3, 0.4) is 0 Å². The number of hydrogen-bond donors (Lipinski definition) is 2. The fourth-order valence-corrected chi connectivity index (χ4v) is 4.52. The van der Waals surface area contributed by atoms with Crippen LogP contribution in [0.25, 0.3) is 0 Å². The summed E-state index contributed by atoms with van der Waals surface area (Å²) in [6, 6.07) is 13.4. The Balaban J connectivity index is 2.13. The van der Waals surface area contributed by atoms with E-state index >= 15 is 0 Å². The molecule has 0 aliphatic carbocycles. The van der Waals surface area contributed by atoms with Crippen LogP contribution in [0.15, 0.2) is 35.4 Å². The summed E-state index contributed by atoms with van der Waals surface area (Å²) in [7, 11) is 0. The largest absolute Gasteiger partial charge is 0.391 e. The van der Waals surface area contributed by atoms with Gasteiger partial charge in [0.05, 0.1) is 17.2 Å². The number of nitrogens with two attached hydrogens (primary N) is 1. The van der Waals surface area contributed by atoms with Gasteiger partial charge in [-0.2, -0.15) is 10.5 Å². The Labute approximate surface area is 173 Å². The number of rotatable bonds is 6. The SMILES string of the molecule is CCc1c(C#N)c(S[C@H](C(N)=O)c2ccccc2)nc(N2CC[C@H](O)C2)c1C#N. The number of aliphatic hydroxyl groups excluding tert-OH is 1. The number of thioether (sulfide) groups is 1. The van der Waals surface area contributed by atoms with Crippen LogP contribution in [-0.4, -0.2) is 35.2 Å². The van der Waals surface area contributed by atoms with Crippen molar-refractivity contribution in [2.75, 3.05) is 18.0 Å². The molecule has 1 amide bonds. The Hall–Kier alpha value is -3.07. The summed E-state index contributed by atoms with van der Waals surface area (Å²) in [5.41, 5.74) is 7.60. The number of nitrogens with zero attached hydrogens (tertiary/aromatic N) is 4. The number of aliphatic hydroxyl groups is 1. The molecule has 0 unspecified atom stereocenters. The van der Waals surface area contributed by atoms with Crippen LogP contribution in [-0.2, 0) is 11.2 Å². The second kappa shape index (κ2) is 8.95. The van der Waals surface area contributed by atoms with E-state index in [0.29, 0.717) is 53.5 Å². The highest BCUT2D eigenvalue weighted by Gasteiger charge is 2.29. The fraction of sp³-hybridized carbons (Fsp3) is 0.333. The van der Waals surface area contributed by atoms with Crippen molar-refractivity contribution >= 4 is 23.5 Å². The molecule has 2 atom stereocenters. The number of nitriles is 2. The van der Waals surface area contributed by atoms with E-state index in [1.165, 1.54) is 0 Å². The van der Waals surface area contributed by atoms with Gasteiger partial charge in [-0.15, -0.1) is 0 Å². The first-order valence-electron chi connectivity index (χ1n) is 9.31. The summed E-state index contributed by atoms with van der Waals surface area (Å²) in [5.74, 6) is -0.0916. The van der Waals surface area contributed by atoms with E-state index in [1.807, 2.05) is 30.0 Å². The molecular weight excluding hydrogens is 386 g/mol. The highest BCUT2D eigenvalue weighted by Crippen LogP contribution is 2.39. The van der Waals surface area contributed by atoms with Gasteiger partial charge in [0.2, 0.25) is 5.91 Å². The number of carbonyl (C=O) groups excluding carboxylic acids is 1. The number of carbonyl (C=O) groups is 1. The summed E-state index contributed by atoms with van der Waals surface area (Å²) in [4.78, 5) is 18.6. The van der Waals surface area contributed by atoms with Crippen LogP contribution in [0.1, 0.15) is 40.8 Å². The third kappa shape index (κ3) is 4.19. The van der Waals surface area contributed by atoms with Crippen molar-refractivity contribution in [2.45, 2.75) is 36.1 Å². The number of aromatic nitrogens is 1. The molecule has 29 heavy (non-hydrogen) atoms. The van der Waals surface area contributed by atoms with Gasteiger partial charge in [0, 0.05) is 13.1 Å². The zero-order valence-corrected chi connectivity index (χ0v) is 16.8. The predicted molar refractivity (Wildman–Crippen MR) is 110 cm³/mol. The Morgan fingerprint density at radius 1 is 1.34 bits per heavy atom. The van der Waals surface area contributed by atoms with Crippen molar-refractivity contribution in [3.63, 3.8) is 0 Å². The molecule has 2 aromatic rings. The molecule has 1 aromatic carbocycles. The minimum absolute atomic E-state index is 0.291. The Kier molecular flexibility index (Phi) is 6.38. The number of pyridine rings is 1. The van der Waals surface area contributed by atoms with Gasteiger partial charge in [-0.3, -0.25) is 4.79 Å². The van der Waals surface area contributed by atoms with Crippen LogP contribution in [0, 0.1) is 22.7 Å². The van der Waals surface area contributed by atoms with Crippen molar-refractivity contribution in [1.29, 1.82) is 10.5 Å². The first-order chi connectivity index (χ1) is 14.0. The normalized spacial score (nSPS) is 16.8. The summed E-state index contributed by atoms with van der Waals surface area (Å²) in [5, 5.41) is 29.1. The van der Waals surface area contributed by atoms with Gasteiger partial charge in [0.25, 0.3) is 0 Å². The molecule has 0 radical (unpaired) electrons. The maximum absolute atomic E-state index is 12.2. The van der Waals surface area contributed by atoms with E-state index in [9.17, 15) is 20.4 Å². The molecule has 3 rings (SSSR count). The number of primary amides is 1. The number of amides is 1. The Morgan fingerprint density at radius 2 is 2.03 bits per heavy atom. The van der Waals surface area contributed by atoms with E-state index in [0.717, 1.165) is 17.3 Å². The van der Waals surface area contributed by atoms with E-state index in [-0.39, 0.29) is 0 Å². The quantitative estimate of drug-likeness (QED) is 0.703. The van der Waals surface area contributed by atoms with Gasteiger partial charge < -0.3 is 15.7 Å². The topological polar surface area (TPSA) is 127 Å². The molecule has 1 aromatic heterocycles. The lowest BCUT2D eigenvalue weighted by Crippen LogP contribution is -2.25. The van der Waals surface area contributed by atoms with Crippen LogP contribution in [0.4, 0.5) is 5.82 Å². The van der Waals surface area contributed by atoms with Crippen LogP contribution < -0.4 is 10.6 Å².